The van der Waals surface area contributed by atoms with Gasteiger partial charge in [-0.3, -0.25) is 4.79 Å². The maximum atomic E-state index is 11.1. The van der Waals surface area contributed by atoms with Crippen molar-refractivity contribution in [3.8, 4) is 5.75 Å². The Bertz CT molecular complexity index is 427. The van der Waals surface area contributed by atoms with Crippen molar-refractivity contribution in [2.24, 2.45) is 0 Å². The molecule has 18 heavy (non-hydrogen) atoms. The standard InChI is InChI=1S/C13H17NO4/c1-8(12(13(16)17)14-9(2)15)10-4-6-11(18-3)7-5-10/h4-8,12H,1-3H3,(H,14,15)(H,16,17)/t8-,12+/m1/s1. The molecule has 0 saturated carbocycles. The Balaban J connectivity index is 2.90. The van der Waals surface area contributed by atoms with E-state index in [1.165, 1.54) is 6.92 Å². The molecule has 1 aromatic rings. The van der Waals surface area contributed by atoms with E-state index in [2.05, 4.69) is 5.32 Å². The molecule has 5 heteroatoms. The molecule has 0 saturated heterocycles. The van der Waals surface area contributed by atoms with Crippen LogP contribution in [0.3, 0.4) is 0 Å². The maximum absolute atomic E-state index is 11.1. The van der Waals surface area contributed by atoms with Crippen molar-refractivity contribution in [3.05, 3.63) is 29.8 Å². The third-order valence-corrected chi connectivity index (χ3v) is 2.77. The number of rotatable bonds is 5. The summed E-state index contributed by atoms with van der Waals surface area (Å²) in [7, 11) is 1.57. The van der Waals surface area contributed by atoms with Crippen LogP contribution in [0.4, 0.5) is 0 Å². The number of benzene rings is 1. The topological polar surface area (TPSA) is 75.6 Å². The number of carbonyl (C=O) groups excluding carboxylic acids is 1. The van der Waals surface area contributed by atoms with Gasteiger partial charge in [0.05, 0.1) is 7.11 Å². The Morgan fingerprint density at radius 3 is 2.22 bits per heavy atom. The Kier molecular flexibility index (Phi) is 4.71. The molecule has 0 spiro atoms. The summed E-state index contributed by atoms with van der Waals surface area (Å²) >= 11 is 0. The van der Waals surface area contributed by atoms with E-state index in [0.29, 0.717) is 5.75 Å². The predicted molar refractivity (Wildman–Crippen MR) is 66.6 cm³/mol. The lowest BCUT2D eigenvalue weighted by Gasteiger charge is -2.21. The van der Waals surface area contributed by atoms with Crippen LogP contribution in [0.2, 0.25) is 0 Å². The van der Waals surface area contributed by atoms with Crippen LogP contribution in [0.5, 0.6) is 5.75 Å². The van der Waals surface area contributed by atoms with Gasteiger partial charge in [0.15, 0.2) is 0 Å². The fraction of sp³-hybridized carbons (Fsp3) is 0.385. The second-order valence-corrected chi connectivity index (χ2v) is 4.08. The first-order valence-corrected chi connectivity index (χ1v) is 5.59. The van der Waals surface area contributed by atoms with Crippen molar-refractivity contribution in [2.75, 3.05) is 7.11 Å². The minimum Gasteiger partial charge on any atom is -0.497 e. The van der Waals surface area contributed by atoms with Crippen LogP contribution in [0.1, 0.15) is 25.3 Å². The number of hydrogen-bond acceptors (Lipinski definition) is 3. The fourth-order valence-electron chi connectivity index (χ4n) is 1.72. The second-order valence-electron chi connectivity index (χ2n) is 4.08. The monoisotopic (exact) mass is 251 g/mol. The van der Waals surface area contributed by atoms with Crippen molar-refractivity contribution in [1.29, 1.82) is 0 Å². The Morgan fingerprint density at radius 1 is 1.28 bits per heavy atom. The van der Waals surface area contributed by atoms with E-state index >= 15 is 0 Å². The van der Waals surface area contributed by atoms with Crippen molar-refractivity contribution in [3.63, 3.8) is 0 Å². The lowest BCUT2D eigenvalue weighted by Crippen LogP contribution is -2.43. The van der Waals surface area contributed by atoms with Gasteiger partial charge in [0.25, 0.3) is 0 Å². The predicted octanol–water partition coefficient (Wildman–Crippen LogP) is 1.39. The molecule has 0 fully saturated rings. The summed E-state index contributed by atoms with van der Waals surface area (Å²) in [5, 5.41) is 11.6. The van der Waals surface area contributed by atoms with Gasteiger partial charge in [-0.15, -0.1) is 0 Å². The third-order valence-electron chi connectivity index (χ3n) is 2.77. The van der Waals surface area contributed by atoms with Gasteiger partial charge < -0.3 is 15.2 Å². The van der Waals surface area contributed by atoms with Gasteiger partial charge in [-0.2, -0.15) is 0 Å². The highest BCUT2D eigenvalue weighted by Gasteiger charge is 2.26. The molecule has 0 aliphatic carbocycles. The quantitative estimate of drug-likeness (QED) is 0.829. The molecule has 2 N–H and O–H groups in total. The van der Waals surface area contributed by atoms with Crippen molar-refractivity contribution in [1.82, 2.24) is 5.32 Å². The lowest BCUT2D eigenvalue weighted by molar-refractivity contribution is -0.142. The lowest BCUT2D eigenvalue weighted by atomic mass is 9.93. The average Bonchev–Trinajstić information content (AvgIpc) is 2.34. The smallest absolute Gasteiger partial charge is 0.326 e. The highest BCUT2D eigenvalue weighted by atomic mass is 16.5. The normalized spacial score (nSPS) is 13.5. The summed E-state index contributed by atoms with van der Waals surface area (Å²) in [6, 6.07) is 6.18. The first kappa shape index (κ1) is 14.0. The molecule has 1 amide bonds. The largest absolute Gasteiger partial charge is 0.497 e. The van der Waals surface area contributed by atoms with Gasteiger partial charge in [0.2, 0.25) is 5.91 Å². The molecule has 0 heterocycles. The molecule has 0 aliphatic heterocycles. The first-order valence-electron chi connectivity index (χ1n) is 5.59. The molecular formula is C13H17NO4. The molecule has 0 bridgehead atoms. The molecule has 0 aliphatic rings. The number of hydrogen-bond donors (Lipinski definition) is 2. The number of ether oxygens (including phenoxy) is 1. The number of carboxylic acids is 1. The zero-order valence-corrected chi connectivity index (χ0v) is 10.6. The summed E-state index contributed by atoms with van der Waals surface area (Å²) in [5.74, 6) is -1.02. The van der Waals surface area contributed by atoms with E-state index in [1.54, 1.807) is 38.3 Å². The molecule has 1 rings (SSSR count). The van der Waals surface area contributed by atoms with Gasteiger partial charge in [0.1, 0.15) is 11.8 Å². The Morgan fingerprint density at radius 2 is 1.83 bits per heavy atom. The third kappa shape index (κ3) is 3.48. The summed E-state index contributed by atoms with van der Waals surface area (Å²) in [4.78, 5) is 22.1. The number of methoxy groups -OCH3 is 1. The van der Waals surface area contributed by atoms with E-state index in [9.17, 15) is 9.59 Å². The summed E-state index contributed by atoms with van der Waals surface area (Å²) in [5.41, 5.74) is 0.831. The molecule has 0 aromatic heterocycles. The highest BCUT2D eigenvalue weighted by molar-refractivity contribution is 5.83. The van der Waals surface area contributed by atoms with Gasteiger partial charge in [0, 0.05) is 12.8 Å². The number of nitrogens with one attached hydrogen (secondary N) is 1. The SMILES string of the molecule is COc1ccc([C@@H](C)[C@H](NC(C)=O)C(=O)O)cc1. The van der Waals surface area contributed by atoms with Crippen LogP contribution >= 0.6 is 0 Å². The van der Waals surface area contributed by atoms with E-state index in [-0.39, 0.29) is 11.8 Å². The van der Waals surface area contributed by atoms with E-state index < -0.39 is 12.0 Å². The van der Waals surface area contributed by atoms with Gasteiger partial charge in [-0.25, -0.2) is 4.79 Å². The molecule has 98 valence electrons. The van der Waals surface area contributed by atoms with Gasteiger partial charge in [-0.05, 0) is 17.7 Å². The number of amides is 1. The van der Waals surface area contributed by atoms with Crippen molar-refractivity contribution >= 4 is 11.9 Å². The average molecular weight is 251 g/mol. The summed E-state index contributed by atoms with van der Waals surface area (Å²) in [6.45, 7) is 3.06. The number of aliphatic carboxylic acids is 1. The minimum atomic E-state index is -1.05. The van der Waals surface area contributed by atoms with Crippen LogP contribution in [0.15, 0.2) is 24.3 Å². The molecule has 0 unspecified atom stereocenters. The fourth-order valence-corrected chi connectivity index (χ4v) is 1.72. The van der Waals surface area contributed by atoms with E-state index in [4.69, 9.17) is 9.84 Å². The van der Waals surface area contributed by atoms with Crippen molar-refractivity contribution < 1.29 is 19.4 Å². The maximum Gasteiger partial charge on any atom is 0.326 e. The molecule has 0 radical (unpaired) electrons. The molecule has 2 atom stereocenters. The Hall–Kier alpha value is -2.04. The van der Waals surface area contributed by atoms with Crippen LogP contribution in [0.25, 0.3) is 0 Å². The number of carbonyl (C=O) groups is 2. The molecular weight excluding hydrogens is 234 g/mol. The summed E-state index contributed by atoms with van der Waals surface area (Å²) < 4.78 is 5.04. The molecule has 1 aromatic carbocycles. The summed E-state index contributed by atoms with van der Waals surface area (Å²) in [6.07, 6.45) is 0. The zero-order chi connectivity index (χ0) is 13.7. The minimum absolute atomic E-state index is 0.322. The van der Waals surface area contributed by atoms with Gasteiger partial charge in [-0.1, -0.05) is 19.1 Å². The molecule has 5 nitrogen and oxygen atoms in total. The van der Waals surface area contributed by atoms with Gasteiger partial charge >= 0.3 is 5.97 Å². The van der Waals surface area contributed by atoms with Crippen LogP contribution in [0, 0.1) is 0 Å². The number of carboxylic acid groups (broad SMARTS) is 1. The van der Waals surface area contributed by atoms with Crippen molar-refractivity contribution in [2.45, 2.75) is 25.8 Å². The van der Waals surface area contributed by atoms with E-state index in [0.717, 1.165) is 5.56 Å². The van der Waals surface area contributed by atoms with E-state index in [1.807, 2.05) is 0 Å². The zero-order valence-electron chi connectivity index (χ0n) is 10.6. The van der Waals surface area contributed by atoms with Crippen LogP contribution in [-0.2, 0) is 9.59 Å². The Labute approximate surface area is 106 Å². The van der Waals surface area contributed by atoms with Crippen LogP contribution in [-0.4, -0.2) is 30.1 Å². The van der Waals surface area contributed by atoms with Crippen LogP contribution < -0.4 is 10.1 Å². The first-order chi connectivity index (χ1) is 8.45. The highest BCUT2D eigenvalue weighted by Crippen LogP contribution is 2.22. The second kappa shape index (κ2) is 6.05.